The second-order valence-electron chi connectivity index (χ2n) is 4.86. The Morgan fingerprint density at radius 2 is 2.00 bits per heavy atom. The SMILES string of the molecule is COC(=O)c1ccccc1CNC1CCCCC1. The maximum atomic E-state index is 11.6. The van der Waals surface area contributed by atoms with Crippen LogP contribution in [0.15, 0.2) is 24.3 Å². The Hall–Kier alpha value is -1.35. The van der Waals surface area contributed by atoms with E-state index in [0.29, 0.717) is 11.6 Å². The molecule has 18 heavy (non-hydrogen) atoms. The zero-order valence-corrected chi connectivity index (χ0v) is 10.9. The van der Waals surface area contributed by atoms with Crippen LogP contribution in [0.1, 0.15) is 48.0 Å². The zero-order chi connectivity index (χ0) is 12.8. The molecule has 0 aromatic heterocycles. The van der Waals surface area contributed by atoms with E-state index >= 15 is 0 Å². The number of methoxy groups -OCH3 is 1. The lowest BCUT2D eigenvalue weighted by atomic mass is 9.95. The van der Waals surface area contributed by atoms with E-state index in [2.05, 4.69) is 5.32 Å². The monoisotopic (exact) mass is 247 g/mol. The maximum absolute atomic E-state index is 11.6. The van der Waals surface area contributed by atoms with Crippen LogP contribution < -0.4 is 5.32 Å². The van der Waals surface area contributed by atoms with Gasteiger partial charge in [0.2, 0.25) is 0 Å². The average molecular weight is 247 g/mol. The molecular weight excluding hydrogens is 226 g/mol. The Bertz CT molecular complexity index is 397. The van der Waals surface area contributed by atoms with Crippen molar-refractivity contribution in [2.24, 2.45) is 0 Å². The van der Waals surface area contributed by atoms with Gasteiger partial charge in [-0.05, 0) is 24.5 Å². The molecule has 1 saturated carbocycles. The fraction of sp³-hybridized carbons (Fsp3) is 0.533. The molecule has 0 bridgehead atoms. The molecular formula is C15H21NO2. The molecule has 1 N–H and O–H groups in total. The van der Waals surface area contributed by atoms with E-state index in [4.69, 9.17) is 4.74 Å². The van der Waals surface area contributed by atoms with Gasteiger partial charge in [-0.25, -0.2) is 4.79 Å². The van der Waals surface area contributed by atoms with Gasteiger partial charge in [0.15, 0.2) is 0 Å². The van der Waals surface area contributed by atoms with E-state index in [1.807, 2.05) is 24.3 Å². The lowest BCUT2D eigenvalue weighted by Crippen LogP contribution is -2.31. The van der Waals surface area contributed by atoms with Crippen LogP contribution in [0.5, 0.6) is 0 Å². The number of esters is 1. The predicted octanol–water partition coefficient (Wildman–Crippen LogP) is 2.90. The molecule has 0 atom stereocenters. The number of hydrogen-bond acceptors (Lipinski definition) is 3. The molecule has 0 amide bonds. The first-order valence-corrected chi connectivity index (χ1v) is 6.71. The van der Waals surface area contributed by atoms with Crippen LogP contribution in [-0.2, 0) is 11.3 Å². The third-order valence-electron chi connectivity index (χ3n) is 3.61. The number of benzene rings is 1. The van der Waals surface area contributed by atoms with E-state index in [0.717, 1.165) is 12.1 Å². The van der Waals surface area contributed by atoms with Crippen LogP contribution in [-0.4, -0.2) is 19.1 Å². The topological polar surface area (TPSA) is 38.3 Å². The lowest BCUT2D eigenvalue weighted by Gasteiger charge is -2.23. The Kier molecular flexibility index (Phi) is 4.76. The van der Waals surface area contributed by atoms with Crippen LogP contribution >= 0.6 is 0 Å². The Labute approximate surface area is 109 Å². The third kappa shape index (κ3) is 3.33. The van der Waals surface area contributed by atoms with Crippen molar-refractivity contribution in [1.82, 2.24) is 5.32 Å². The average Bonchev–Trinajstić information content (AvgIpc) is 2.45. The Morgan fingerprint density at radius 3 is 2.72 bits per heavy atom. The van der Waals surface area contributed by atoms with Gasteiger partial charge < -0.3 is 10.1 Å². The fourth-order valence-electron chi connectivity index (χ4n) is 2.54. The lowest BCUT2D eigenvalue weighted by molar-refractivity contribution is 0.0599. The predicted molar refractivity (Wildman–Crippen MR) is 71.5 cm³/mol. The summed E-state index contributed by atoms with van der Waals surface area (Å²) in [6, 6.07) is 8.25. The first-order valence-electron chi connectivity index (χ1n) is 6.71. The van der Waals surface area contributed by atoms with Crippen molar-refractivity contribution >= 4 is 5.97 Å². The summed E-state index contributed by atoms with van der Waals surface area (Å²) in [6.07, 6.45) is 6.49. The molecule has 98 valence electrons. The normalized spacial score (nSPS) is 16.5. The van der Waals surface area contributed by atoms with Crippen LogP contribution in [0, 0.1) is 0 Å². The molecule has 1 aromatic carbocycles. The van der Waals surface area contributed by atoms with Crippen LogP contribution in [0.4, 0.5) is 0 Å². The standard InChI is InChI=1S/C15H21NO2/c1-18-15(17)14-10-6-5-7-12(14)11-16-13-8-3-2-4-9-13/h5-7,10,13,16H,2-4,8-9,11H2,1H3. The van der Waals surface area contributed by atoms with Crippen LogP contribution in [0.3, 0.4) is 0 Å². The highest BCUT2D eigenvalue weighted by atomic mass is 16.5. The minimum atomic E-state index is -0.254. The largest absolute Gasteiger partial charge is 0.465 e. The summed E-state index contributed by atoms with van der Waals surface area (Å²) in [4.78, 5) is 11.6. The van der Waals surface area contributed by atoms with Crippen molar-refractivity contribution in [2.45, 2.75) is 44.7 Å². The summed E-state index contributed by atoms with van der Waals surface area (Å²) in [5.74, 6) is -0.254. The van der Waals surface area contributed by atoms with Gasteiger partial charge >= 0.3 is 5.97 Å². The second kappa shape index (κ2) is 6.55. The van der Waals surface area contributed by atoms with Crippen LogP contribution in [0.25, 0.3) is 0 Å². The van der Waals surface area contributed by atoms with Crippen molar-refractivity contribution in [3.8, 4) is 0 Å². The molecule has 1 fully saturated rings. The van der Waals surface area contributed by atoms with Gasteiger partial charge in [0.05, 0.1) is 12.7 Å². The number of hydrogen-bond donors (Lipinski definition) is 1. The van der Waals surface area contributed by atoms with Gasteiger partial charge in [0.1, 0.15) is 0 Å². The van der Waals surface area contributed by atoms with E-state index in [1.54, 1.807) is 0 Å². The first kappa shape index (κ1) is 13.1. The summed E-state index contributed by atoms with van der Waals surface area (Å²) in [6.45, 7) is 0.746. The van der Waals surface area contributed by atoms with Crippen molar-refractivity contribution in [1.29, 1.82) is 0 Å². The molecule has 0 aliphatic heterocycles. The summed E-state index contributed by atoms with van der Waals surface area (Å²) in [5, 5.41) is 3.55. The third-order valence-corrected chi connectivity index (χ3v) is 3.61. The molecule has 3 nitrogen and oxygen atoms in total. The molecule has 0 radical (unpaired) electrons. The molecule has 0 heterocycles. The summed E-state index contributed by atoms with van der Waals surface area (Å²) in [5.41, 5.74) is 1.69. The van der Waals surface area contributed by atoms with E-state index < -0.39 is 0 Å². The highest BCUT2D eigenvalue weighted by Crippen LogP contribution is 2.18. The number of ether oxygens (including phenoxy) is 1. The highest BCUT2D eigenvalue weighted by molar-refractivity contribution is 5.90. The molecule has 3 heteroatoms. The second-order valence-corrected chi connectivity index (χ2v) is 4.86. The van der Waals surface area contributed by atoms with E-state index in [1.165, 1.54) is 39.2 Å². The van der Waals surface area contributed by atoms with Gasteiger partial charge in [-0.2, -0.15) is 0 Å². The smallest absolute Gasteiger partial charge is 0.338 e. The molecule has 1 aliphatic rings. The highest BCUT2D eigenvalue weighted by Gasteiger charge is 2.15. The van der Waals surface area contributed by atoms with Gasteiger partial charge in [0.25, 0.3) is 0 Å². The van der Waals surface area contributed by atoms with E-state index in [-0.39, 0.29) is 5.97 Å². The van der Waals surface area contributed by atoms with Crippen molar-refractivity contribution < 1.29 is 9.53 Å². The Morgan fingerprint density at radius 1 is 1.28 bits per heavy atom. The number of carbonyl (C=O) groups excluding carboxylic acids is 1. The molecule has 2 rings (SSSR count). The van der Waals surface area contributed by atoms with Gasteiger partial charge in [0, 0.05) is 12.6 Å². The molecule has 0 saturated heterocycles. The molecule has 0 unspecified atom stereocenters. The summed E-state index contributed by atoms with van der Waals surface area (Å²) in [7, 11) is 1.42. The number of rotatable bonds is 4. The maximum Gasteiger partial charge on any atom is 0.338 e. The summed E-state index contributed by atoms with van der Waals surface area (Å²) >= 11 is 0. The van der Waals surface area contributed by atoms with Crippen molar-refractivity contribution in [3.63, 3.8) is 0 Å². The van der Waals surface area contributed by atoms with E-state index in [9.17, 15) is 4.79 Å². The molecule has 1 aliphatic carbocycles. The van der Waals surface area contributed by atoms with Gasteiger partial charge in [-0.15, -0.1) is 0 Å². The summed E-state index contributed by atoms with van der Waals surface area (Å²) < 4.78 is 4.80. The quantitative estimate of drug-likeness (QED) is 0.831. The minimum Gasteiger partial charge on any atom is -0.465 e. The molecule has 1 aromatic rings. The number of nitrogens with one attached hydrogen (secondary N) is 1. The molecule has 0 spiro atoms. The first-order chi connectivity index (χ1) is 8.81. The van der Waals surface area contributed by atoms with Crippen molar-refractivity contribution in [2.75, 3.05) is 7.11 Å². The minimum absolute atomic E-state index is 0.254. The van der Waals surface area contributed by atoms with Crippen molar-refractivity contribution in [3.05, 3.63) is 35.4 Å². The Balaban J connectivity index is 1.97. The van der Waals surface area contributed by atoms with Crippen LogP contribution in [0.2, 0.25) is 0 Å². The van der Waals surface area contributed by atoms with Gasteiger partial charge in [-0.3, -0.25) is 0 Å². The zero-order valence-electron chi connectivity index (χ0n) is 10.9. The number of carbonyl (C=O) groups is 1. The van der Waals surface area contributed by atoms with Gasteiger partial charge in [-0.1, -0.05) is 37.5 Å². The fourth-order valence-corrected chi connectivity index (χ4v) is 2.54.